The lowest BCUT2D eigenvalue weighted by atomic mass is 10.1. The lowest BCUT2D eigenvalue weighted by Crippen LogP contribution is -2.09. The molecule has 1 aromatic carbocycles. The van der Waals surface area contributed by atoms with Gasteiger partial charge in [-0.15, -0.1) is 0 Å². The van der Waals surface area contributed by atoms with Crippen LogP contribution >= 0.6 is 31.9 Å². The highest BCUT2D eigenvalue weighted by Gasteiger charge is 2.12. The number of halogens is 3. The summed E-state index contributed by atoms with van der Waals surface area (Å²) in [5.41, 5.74) is 1.15. The summed E-state index contributed by atoms with van der Waals surface area (Å²) in [6.45, 7) is 2.03. The van der Waals surface area contributed by atoms with Crippen molar-refractivity contribution < 1.29 is 13.9 Å². The molecule has 0 aliphatic carbocycles. The number of carbonyl (C=O) groups excluding carboxylic acids is 1. The van der Waals surface area contributed by atoms with Gasteiger partial charge in [-0.25, -0.2) is 4.39 Å². The average Bonchev–Trinajstić information content (AvgIpc) is 2.23. The van der Waals surface area contributed by atoms with Crippen LogP contribution < -0.4 is 0 Å². The van der Waals surface area contributed by atoms with E-state index in [0.717, 1.165) is 10.0 Å². The molecule has 2 nitrogen and oxygen atoms in total. The Morgan fingerprint density at radius 1 is 1.44 bits per heavy atom. The number of benzene rings is 1. The maximum absolute atomic E-state index is 13.6. The van der Waals surface area contributed by atoms with Crippen LogP contribution in [0.25, 0.3) is 0 Å². The molecule has 0 saturated heterocycles. The minimum absolute atomic E-state index is 0.0408. The molecule has 16 heavy (non-hydrogen) atoms. The smallest absolute Gasteiger partial charge is 0.310 e. The van der Waals surface area contributed by atoms with E-state index in [4.69, 9.17) is 4.74 Å². The second kappa shape index (κ2) is 6.35. The largest absolute Gasteiger partial charge is 0.466 e. The molecule has 5 heteroatoms. The Bertz CT molecular complexity index is 394. The summed E-state index contributed by atoms with van der Waals surface area (Å²) < 4.78 is 19.1. The second-order valence-corrected chi connectivity index (χ2v) is 4.57. The Morgan fingerprint density at radius 2 is 2.12 bits per heavy atom. The molecular weight excluding hydrogens is 343 g/mol. The molecule has 88 valence electrons. The van der Waals surface area contributed by atoms with Crippen molar-refractivity contribution >= 4 is 37.8 Å². The van der Waals surface area contributed by atoms with Gasteiger partial charge in [-0.3, -0.25) is 4.79 Å². The zero-order valence-electron chi connectivity index (χ0n) is 8.73. The fourth-order valence-corrected chi connectivity index (χ4v) is 2.61. The summed E-state index contributed by atoms with van der Waals surface area (Å²) in [5, 5.41) is 0.560. The first-order valence-electron chi connectivity index (χ1n) is 4.76. The fraction of sp³-hybridized carbons (Fsp3) is 0.364. The van der Waals surface area contributed by atoms with Crippen molar-refractivity contribution in [1.82, 2.24) is 0 Å². The first kappa shape index (κ1) is 13.6. The number of carbonyl (C=O) groups is 1. The minimum Gasteiger partial charge on any atom is -0.466 e. The molecule has 0 saturated carbocycles. The molecule has 0 fully saturated rings. The van der Waals surface area contributed by atoms with Crippen LogP contribution in [-0.2, 0) is 21.3 Å². The normalized spacial score (nSPS) is 10.2. The summed E-state index contributed by atoms with van der Waals surface area (Å²) in [7, 11) is 0. The molecular formula is C11H11Br2FO2. The Hall–Kier alpha value is -0.420. The van der Waals surface area contributed by atoms with Gasteiger partial charge in [-0.1, -0.05) is 31.9 Å². The standard InChI is InChI=1S/C11H11Br2FO2/c1-2-16-11(15)5-7-3-9(13)8(6-12)4-10(7)14/h3-4H,2,5-6H2,1H3. The molecule has 0 aliphatic rings. The van der Waals surface area contributed by atoms with E-state index < -0.39 is 5.97 Å². The van der Waals surface area contributed by atoms with Crippen LogP contribution in [-0.4, -0.2) is 12.6 Å². The predicted molar refractivity (Wildman–Crippen MR) is 67.1 cm³/mol. The fourth-order valence-electron chi connectivity index (χ4n) is 1.23. The van der Waals surface area contributed by atoms with E-state index in [1.807, 2.05) is 0 Å². The number of ether oxygens (including phenoxy) is 1. The van der Waals surface area contributed by atoms with Crippen molar-refractivity contribution in [2.75, 3.05) is 6.61 Å². The van der Waals surface area contributed by atoms with Gasteiger partial charge in [-0.05, 0) is 24.6 Å². The first-order chi connectivity index (χ1) is 7.58. The average molecular weight is 354 g/mol. The maximum Gasteiger partial charge on any atom is 0.310 e. The molecule has 0 heterocycles. The third kappa shape index (κ3) is 3.56. The van der Waals surface area contributed by atoms with Crippen LogP contribution in [0.3, 0.4) is 0 Å². The third-order valence-corrected chi connectivity index (χ3v) is 3.34. The molecule has 0 N–H and O–H groups in total. The van der Waals surface area contributed by atoms with Crippen molar-refractivity contribution in [2.45, 2.75) is 18.7 Å². The topological polar surface area (TPSA) is 26.3 Å². The monoisotopic (exact) mass is 352 g/mol. The van der Waals surface area contributed by atoms with Crippen LogP contribution in [0, 0.1) is 5.82 Å². The van der Waals surface area contributed by atoms with Gasteiger partial charge in [0.15, 0.2) is 0 Å². The molecule has 0 aromatic heterocycles. The van der Waals surface area contributed by atoms with Crippen LogP contribution in [0.1, 0.15) is 18.1 Å². The molecule has 0 atom stereocenters. The van der Waals surface area contributed by atoms with E-state index >= 15 is 0 Å². The summed E-state index contributed by atoms with van der Waals surface area (Å²) in [6.07, 6.45) is -0.0408. The SMILES string of the molecule is CCOC(=O)Cc1cc(Br)c(CBr)cc1F. The number of hydrogen-bond acceptors (Lipinski definition) is 2. The van der Waals surface area contributed by atoms with Gasteiger partial charge in [-0.2, -0.15) is 0 Å². The quantitative estimate of drug-likeness (QED) is 0.610. The van der Waals surface area contributed by atoms with Crippen LogP contribution in [0.15, 0.2) is 16.6 Å². The van der Waals surface area contributed by atoms with Crippen LogP contribution in [0.4, 0.5) is 4.39 Å². The molecule has 0 amide bonds. The highest BCUT2D eigenvalue weighted by molar-refractivity contribution is 9.10. The van der Waals surface area contributed by atoms with E-state index in [1.54, 1.807) is 13.0 Å². The summed E-state index contributed by atoms with van der Waals surface area (Å²) in [5.74, 6) is -0.800. The molecule has 0 unspecified atom stereocenters. The van der Waals surface area contributed by atoms with Crippen molar-refractivity contribution in [3.8, 4) is 0 Å². The second-order valence-electron chi connectivity index (χ2n) is 3.15. The van der Waals surface area contributed by atoms with Crippen LogP contribution in [0.5, 0.6) is 0 Å². The molecule has 1 aromatic rings. The first-order valence-corrected chi connectivity index (χ1v) is 6.68. The van der Waals surface area contributed by atoms with Crippen molar-refractivity contribution in [3.63, 3.8) is 0 Å². The lowest BCUT2D eigenvalue weighted by molar-refractivity contribution is -0.142. The van der Waals surface area contributed by atoms with E-state index in [1.165, 1.54) is 6.07 Å². The molecule has 0 radical (unpaired) electrons. The Morgan fingerprint density at radius 3 is 2.69 bits per heavy atom. The molecule has 0 bridgehead atoms. The summed E-state index contributed by atoms with van der Waals surface area (Å²) >= 11 is 6.58. The van der Waals surface area contributed by atoms with Crippen LogP contribution in [0.2, 0.25) is 0 Å². The number of rotatable bonds is 4. The van der Waals surface area contributed by atoms with Crippen molar-refractivity contribution in [3.05, 3.63) is 33.5 Å². The highest BCUT2D eigenvalue weighted by atomic mass is 79.9. The zero-order chi connectivity index (χ0) is 12.1. The number of esters is 1. The summed E-state index contributed by atoms with van der Waals surface area (Å²) in [6, 6.07) is 3.02. The van der Waals surface area contributed by atoms with E-state index in [0.29, 0.717) is 17.5 Å². The molecule has 1 rings (SSSR count). The minimum atomic E-state index is -0.417. The van der Waals surface area contributed by atoms with E-state index in [2.05, 4.69) is 31.9 Å². The van der Waals surface area contributed by atoms with E-state index in [-0.39, 0.29) is 12.2 Å². The maximum atomic E-state index is 13.6. The number of hydrogen-bond donors (Lipinski definition) is 0. The number of alkyl halides is 1. The lowest BCUT2D eigenvalue weighted by Gasteiger charge is -2.07. The molecule has 0 spiro atoms. The highest BCUT2D eigenvalue weighted by Crippen LogP contribution is 2.23. The summed E-state index contributed by atoms with van der Waals surface area (Å²) in [4.78, 5) is 11.2. The van der Waals surface area contributed by atoms with Gasteiger partial charge in [0.1, 0.15) is 5.82 Å². The van der Waals surface area contributed by atoms with Gasteiger partial charge < -0.3 is 4.74 Å². The van der Waals surface area contributed by atoms with Gasteiger partial charge in [0, 0.05) is 15.4 Å². The zero-order valence-corrected chi connectivity index (χ0v) is 11.9. The Balaban J connectivity index is 2.89. The van der Waals surface area contributed by atoms with Crippen molar-refractivity contribution in [2.24, 2.45) is 0 Å². The van der Waals surface area contributed by atoms with E-state index in [9.17, 15) is 9.18 Å². The van der Waals surface area contributed by atoms with Gasteiger partial charge in [0.05, 0.1) is 13.0 Å². The van der Waals surface area contributed by atoms with Gasteiger partial charge >= 0.3 is 5.97 Å². The Kier molecular flexibility index (Phi) is 5.41. The Labute approximate surface area is 110 Å². The molecule has 0 aliphatic heterocycles. The predicted octanol–water partition coefficient (Wildman–Crippen LogP) is 3.59. The third-order valence-electron chi connectivity index (χ3n) is 2.00. The van der Waals surface area contributed by atoms with Gasteiger partial charge in [0.25, 0.3) is 0 Å². The van der Waals surface area contributed by atoms with Gasteiger partial charge in [0.2, 0.25) is 0 Å². The van der Waals surface area contributed by atoms with Crippen molar-refractivity contribution in [1.29, 1.82) is 0 Å².